The fourth-order valence-electron chi connectivity index (χ4n) is 3.63. The van der Waals surface area contributed by atoms with E-state index in [1.54, 1.807) is 38.1 Å². The number of nitrogens with one attached hydrogen (secondary N) is 1. The molecule has 0 aliphatic carbocycles. The minimum absolute atomic E-state index is 0.0953. The molecule has 0 bridgehead atoms. The van der Waals surface area contributed by atoms with Crippen LogP contribution in [-0.4, -0.2) is 40.7 Å². The second-order valence-corrected chi connectivity index (χ2v) is 7.86. The molecule has 0 radical (unpaired) electrons. The maximum Gasteiger partial charge on any atom is 0.328 e. The van der Waals surface area contributed by atoms with E-state index < -0.39 is 47.3 Å². The van der Waals surface area contributed by atoms with Gasteiger partial charge in [0.2, 0.25) is 0 Å². The molecule has 1 heterocycles. The molecule has 184 valence electrons. The minimum atomic E-state index is -1.08. The van der Waals surface area contributed by atoms with Crippen molar-refractivity contribution in [2.75, 3.05) is 6.61 Å². The van der Waals surface area contributed by atoms with E-state index in [1.807, 2.05) is 0 Å². The SMILES string of the molecule is CCOc1ccnc(C(=O)N[C@@H](C)C(=O)O[C@@H](C)C(c2ccc(F)cc2)c2ccc(F)cc2)c1O. The number of nitrogens with zero attached hydrogens (tertiary/aromatic N) is 1. The Labute approximate surface area is 201 Å². The zero-order valence-corrected chi connectivity index (χ0v) is 19.5. The number of hydrogen-bond donors (Lipinski definition) is 2. The van der Waals surface area contributed by atoms with Gasteiger partial charge in [0.05, 0.1) is 6.61 Å². The molecule has 0 saturated carbocycles. The van der Waals surface area contributed by atoms with E-state index >= 15 is 0 Å². The van der Waals surface area contributed by atoms with Crippen molar-refractivity contribution in [1.82, 2.24) is 10.3 Å². The van der Waals surface area contributed by atoms with Gasteiger partial charge in [0.15, 0.2) is 17.2 Å². The van der Waals surface area contributed by atoms with Gasteiger partial charge in [0, 0.05) is 18.2 Å². The van der Waals surface area contributed by atoms with Crippen LogP contribution in [0.25, 0.3) is 0 Å². The number of carbonyl (C=O) groups is 2. The second kappa shape index (κ2) is 11.4. The van der Waals surface area contributed by atoms with Crippen molar-refractivity contribution in [1.29, 1.82) is 0 Å². The van der Waals surface area contributed by atoms with Crippen LogP contribution in [-0.2, 0) is 9.53 Å². The summed E-state index contributed by atoms with van der Waals surface area (Å²) in [6.07, 6.45) is 0.561. The Balaban J connectivity index is 1.75. The van der Waals surface area contributed by atoms with Gasteiger partial charge in [0.25, 0.3) is 5.91 Å². The summed E-state index contributed by atoms with van der Waals surface area (Å²) in [6.45, 7) is 5.09. The van der Waals surface area contributed by atoms with Gasteiger partial charge in [-0.1, -0.05) is 24.3 Å². The maximum absolute atomic E-state index is 13.5. The standard InChI is InChI=1S/C26H26F2N2O5/c1-4-34-21-13-14-29-23(24(21)31)25(32)30-15(2)26(33)35-16(3)22(17-5-9-19(27)10-6-17)18-7-11-20(28)12-8-18/h5-16,22,31H,4H2,1-3H3,(H,30,32)/t15-,16-/m0/s1. The number of ether oxygens (including phenoxy) is 2. The summed E-state index contributed by atoms with van der Waals surface area (Å²) in [5.74, 6) is -3.21. The lowest BCUT2D eigenvalue weighted by Gasteiger charge is -2.26. The van der Waals surface area contributed by atoms with Gasteiger partial charge in [-0.15, -0.1) is 0 Å². The number of carbonyl (C=O) groups excluding carboxylic acids is 2. The van der Waals surface area contributed by atoms with Crippen molar-refractivity contribution in [3.63, 3.8) is 0 Å². The third-order valence-corrected chi connectivity index (χ3v) is 5.33. The Morgan fingerprint density at radius 2 is 1.51 bits per heavy atom. The van der Waals surface area contributed by atoms with E-state index in [0.717, 1.165) is 0 Å². The first-order valence-corrected chi connectivity index (χ1v) is 11.0. The molecule has 3 aromatic rings. The van der Waals surface area contributed by atoms with Gasteiger partial charge in [0.1, 0.15) is 23.8 Å². The highest BCUT2D eigenvalue weighted by molar-refractivity contribution is 5.97. The second-order valence-electron chi connectivity index (χ2n) is 7.86. The van der Waals surface area contributed by atoms with E-state index in [9.17, 15) is 23.5 Å². The van der Waals surface area contributed by atoms with Crippen molar-refractivity contribution < 1.29 is 33.0 Å². The molecule has 1 aromatic heterocycles. The van der Waals surface area contributed by atoms with Crippen molar-refractivity contribution >= 4 is 11.9 Å². The predicted octanol–water partition coefficient (Wildman–Crippen LogP) is 4.35. The summed E-state index contributed by atoms with van der Waals surface area (Å²) in [6, 6.07) is 11.8. The van der Waals surface area contributed by atoms with Gasteiger partial charge in [-0.2, -0.15) is 0 Å². The number of amides is 1. The van der Waals surface area contributed by atoms with Crippen LogP contribution < -0.4 is 10.1 Å². The molecule has 2 aromatic carbocycles. The number of rotatable bonds is 9. The first-order valence-electron chi connectivity index (χ1n) is 11.0. The van der Waals surface area contributed by atoms with Crippen molar-refractivity contribution in [2.45, 2.75) is 38.8 Å². The maximum atomic E-state index is 13.5. The van der Waals surface area contributed by atoms with Crippen LogP contribution in [0.5, 0.6) is 11.5 Å². The summed E-state index contributed by atoms with van der Waals surface area (Å²) in [5, 5.41) is 12.7. The largest absolute Gasteiger partial charge is 0.503 e. The predicted molar refractivity (Wildman–Crippen MR) is 124 cm³/mol. The average Bonchev–Trinajstić information content (AvgIpc) is 2.83. The van der Waals surface area contributed by atoms with E-state index in [2.05, 4.69) is 10.3 Å². The number of benzene rings is 2. The molecular weight excluding hydrogens is 458 g/mol. The smallest absolute Gasteiger partial charge is 0.328 e. The molecule has 0 spiro atoms. The van der Waals surface area contributed by atoms with Crippen molar-refractivity contribution in [3.8, 4) is 11.5 Å². The van der Waals surface area contributed by atoms with Crippen LogP contribution in [0.2, 0.25) is 0 Å². The first-order chi connectivity index (χ1) is 16.7. The van der Waals surface area contributed by atoms with Gasteiger partial charge in [-0.3, -0.25) is 4.79 Å². The number of esters is 1. The van der Waals surface area contributed by atoms with E-state index in [-0.39, 0.29) is 18.1 Å². The van der Waals surface area contributed by atoms with E-state index in [4.69, 9.17) is 9.47 Å². The normalized spacial score (nSPS) is 12.6. The fourth-order valence-corrected chi connectivity index (χ4v) is 3.63. The van der Waals surface area contributed by atoms with Crippen LogP contribution in [0.3, 0.4) is 0 Å². The average molecular weight is 484 g/mol. The number of aromatic hydroxyl groups is 1. The zero-order chi connectivity index (χ0) is 25.5. The fraction of sp³-hybridized carbons (Fsp3) is 0.269. The summed E-state index contributed by atoms with van der Waals surface area (Å²) in [4.78, 5) is 29.2. The molecule has 2 atom stereocenters. The topological polar surface area (TPSA) is 97.8 Å². The minimum Gasteiger partial charge on any atom is -0.503 e. The van der Waals surface area contributed by atoms with Crippen LogP contribution in [0.15, 0.2) is 60.8 Å². The molecule has 2 N–H and O–H groups in total. The van der Waals surface area contributed by atoms with Crippen LogP contribution in [0, 0.1) is 11.6 Å². The summed E-state index contributed by atoms with van der Waals surface area (Å²) < 4.78 is 37.8. The van der Waals surface area contributed by atoms with Gasteiger partial charge >= 0.3 is 5.97 Å². The van der Waals surface area contributed by atoms with E-state index in [0.29, 0.717) is 11.1 Å². The number of aromatic nitrogens is 1. The first kappa shape index (κ1) is 25.6. The van der Waals surface area contributed by atoms with Gasteiger partial charge < -0.3 is 19.9 Å². The number of halogens is 2. The quantitative estimate of drug-likeness (QED) is 0.439. The molecule has 0 aliphatic rings. The lowest BCUT2D eigenvalue weighted by Crippen LogP contribution is -2.41. The Morgan fingerprint density at radius 3 is 2.03 bits per heavy atom. The highest BCUT2D eigenvalue weighted by atomic mass is 19.1. The van der Waals surface area contributed by atoms with Crippen LogP contribution in [0.1, 0.15) is 48.3 Å². The summed E-state index contributed by atoms with van der Waals surface area (Å²) in [5.41, 5.74) is 1.04. The van der Waals surface area contributed by atoms with E-state index in [1.165, 1.54) is 43.5 Å². The molecule has 7 nitrogen and oxygen atoms in total. The Hall–Kier alpha value is -4.01. The Morgan fingerprint density at radius 1 is 0.971 bits per heavy atom. The van der Waals surface area contributed by atoms with Crippen LogP contribution >= 0.6 is 0 Å². The third kappa shape index (κ3) is 6.32. The summed E-state index contributed by atoms with van der Waals surface area (Å²) >= 11 is 0. The molecule has 35 heavy (non-hydrogen) atoms. The molecular formula is C26H26F2N2O5. The summed E-state index contributed by atoms with van der Waals surface area (Å²) in [7, 11) is 0. The number of pyridine rings is 1. The molecule has 0 unspecified atom stereocenters. The third-order valence-electron chi connectivity index (χ3n) is 5.33. The molecule has 0 saturated heterocycles. The lowest BCUT2D eigenvalue weighted by atomic mass is 9.87. The highest BCUT2D eigenvalue weighted by Crippen LogP contribution is 2.31. The molecule has 3 rings (SSSR count). The highest BCUT2D eigenvalue weighted by Gasteiger charge is 2.28. The number of hydrogen-bond acceptors (Lipinski definition) is 6. The lowest BCUT2D eigenvalue weighted by molar-refractivity contribution is -0.150. The molecule has 1 amide bonds. The van der Waals surface area contributed by atoms with Gasteiger partial charge in [-0.05, 0) is 56.2 Å². The molecule has 9 heteroatoms. The molecule has 0 aliphatic heterocycles. The monoisotopic (exact) mass is 484 g/mol. The van der Waals surface area contributed by atoms with Crippen LogP contribution in [0.4, 0.5) is 8.78 Å². The van der Waals surface area contributed by atoms with Crippen molar-refractivity contribution in [3.05, 3.63) is 89.2 Å². The molecule has 0 fully saturated rings. The van der Waals surface area contributed by atoms with Gasteiger partial charge in [-0.25, -0.2) is 18.6 Å². The Kier molecular flexibility index (Phi) is 8.35. The van der Waals surface area contributed by atoms with Crippen molar-refractivity contribution in [2.24, 2.45) is 0 Å². The zero-order valence-electron chi connectivity index (χ0n) is 19.5. The Bertz CT molecular complexity index is 1120.